The number of carboxylic acids is 1. The molecule has 1 rings (SSSR count). The van der Waals surface area contributed by atoms with Gasteiger partial charge in [0.05, 0.1) is 18.1 Å². The highest BCUT2D eigenvalue weighted by molar-refractivity contribution is 9.10. The lowest BCUT2D eigenvalue weighted by Crippen LogP contribution is -2.32. The summed E-state index contributed by atoms with van der Waals surface area (Å²) in [4.78, 5) is 12.8. The van der Waals surface area contributed by atoms with E-state index in [0.717, 1.165) is 5.56 Å². The summed E-state index contributed by atoms with van der Waals surface area (Å²) >= 11 is 3.26. The number of carboxylic acid groups (broad SMARTS) is 1. The van der Waals surface area contributed by atoms with Crippen molar-refractivity contribution in [3.05, 3.63) is 22.2 Å². The number of aromatic hydroxyl groups is 1. The Labute approximate surface area is 127 Å². The van der Waals surface area contributed by atoms with Crippen molar-refractivity contribution in [3.63, 3.8) is 0 Å². The van der Waals surface area contributed by atoms with Crippen LogP contribution in [0.5, 0.6) is 11.5 Å². The number of ether oxygens (including phenoxy) is 1. The van der Waals surface area contributed by atoms with Crippen molar-refractivity contribution in [1.29, 1.82) is 0 Å². The molecule has 6 heteroatoms. The fraction of sp³-hybridized carbons (Fsp3) is 0.500. The fourth-order valence-electron chi connectivity index (χ4n) is 2.03. The monoisotopic (exact) mass is 345 g/mol. The van der Waals surface area contributed by atoms with Crippen LogP contribution in [0.15, 0.2) is 16.6 Å². The van der Waals surface area contributed by atoms with Crippen molar-refractivity contribution in [3.8, 4) is 11.5 Å². The van der Waals surface area contributed by atoms with Gasteiger partial charge in [0.1, 0.15) is 0 Å². The summed E-state index contributed by atoms with van der Waals surface area (Å²) in [7, 11) is 1.48. The second kappa shape index (κ2) is 7.50. The Morgan fingerprint density at radius 3 is 2.60 bits per heavy atom. The highest BCUT2D eigenvalue weighted by Crippen LogP contribution is 2.35. The van der Waals surface area contributed by atoms with E-state index in [9.17, 15) is 9.90 Å². The summed E-state index contributed by atoms with van der Waals surface area (Å²) in [6, 6.07) is 3.49. The van der Waals surface area contributed by atoms with E-state index < -0.39 is 5.97 Å². The SMILES string of the molecule is COc1cc(CN(CC(=O)O)CC(C)C)cc(Br)c1O. The number of methoxy groups -OCH3 is 1. The van der Waals surface area contributed by atoms with E-state index in [1.165, 1.54) is 7.11 Å². The van der Waals surface area contributed by atoms with Gasteiger partial charge in [0, 0.05) is 13.1 Å². The third-order valence-corrected chi connectivity index (χ3v) is 3.30. The molecule has 0 saturated heterocycles. The number of nitrogens with zero attached hydrogens (tertiary/aromatic N) is 1. The van der Waals surface area contributed by atoms with Crippen LogP contribution in [0.25, 0.3) is 0 Å². The normalized spacial score (nSPS) is 11.1. The predicted molar refractivity (Wildman–Crippen MR) is 80.1 cm³/mol. The van der Waals surface area contributed by atoms with Crippen LogP contribution in [0.2, 0.25) is 0 Å². The molecule has 1 aromatic carbocycles. The quantitative estimate of drug-likeness (QED) is 0.794. The topological polar surface area (TPSA) is 70.0 Å². The standard InChI is InChI=1S/C14H20BrNO4/c1-9(2)6-16(8-13(17)18)7-10-4-11(15)14(19)12(5-10)20-3/h4-5,9,19H,6-8H2,1-3H3,(H,17,18). The number of halogens is 1. The second-order valence-electron chi connectivity index (χ2n) is 5.09. The Balaban J connectivity index is 2.92. The molecule has 20 heavy (non-hydrogen) atoms. The molecule has 5 nitrogen and oxygen atoms in total. The molecule has 0 aromatic heterocycles. The van der Waals surface area contributed by atoms with Gasteiger partial charge in [-0.3, -0.25) is 9.69 Å². The molecular formula is C14H20BrNO4. The summed E-state index contributed by atoms with van der Waals surface area (Å²) in [5.41, 5.74) is 0.883. The van der Waals surface area contributed by atoms with E-state index in [0.29, 0.717) is 29.2 Å². The van der Waals surface area contributed by atoms with E-state index in [4.69, 9.17) is 9.84 Å². The molecule has 0 aliphatic rings. The smallest absolute Gasteiger partial charge is 0.317 e. The van der Waals surface area contributed by atoms with Crippen LogP contribution < -0.4 is 4.74 Å². The molecule has 0 heterocycles. The van der Waals surface area contributed by atoms with Gasteiger partial charge in [0.2, 0.25) is 0 Å². The molecule has 0 amide bonds. The Morgan fingerprint density at radius 1 is 1.45 bits per heavy atom. The molecule has 0 saturated carbocycles. The third kappa shape index (κ3) is 5.02. The first kappa shape index (κ1) is 16.8. The van der Waals surface area contributed by atoms with Crippen molar-refractivity contribution in [2.75, 3.05) is 20.2 Å². The zero-order valence-corrected chi connectivity index (χ0v) is 13.5. The van der Waals surface area contributed by atoms with Crippen molar-refractivity contribution in [2.45, 2.75) is 20.4 Å². The number of phenolic OH excluding ortho intramolecular Hbond substituents is 1. The minimum absolute atomic E-state index is 0.0149. The van der Waals surface area contributed by atoms with E-state index >= 15 is 0 Å². The van der Waals surface area contributed by atoms with Gasteiger partial charge in [-0.1, -0.05) is 13.8 Å². The molecule has 0 spiro atoms. The Morgan fingerprint density at radius 2 is 2.10 bits per heavy atom. The first-order valence-electron chi connectivity index (χ1n) is 6.33. The zero-order valence-electron chi connectivity index (χ0n) is 11.9. The lowest BCUT2D eigenvalue weighted by Gasteiger charge is -2.23. The third-order valence-electron chi connectivity index (χ3n) is 2.70. The fourth-order valence-corrected chi connectivity index (χ4v) is 2.51. The number of phenols is 1. The number of aliphatic carboxylic acids is 1. The summed E-state index contributed by atoms with van der Waals surface area (Å²) in [6.07, 6.45) is 0. The summed E-state index contributed by atoms with van der Waals surface area (Å²) in [5, 5.41) is 18.7. The largest absolute Gasteiger partial charge is 0.503 e. The van der Waals surface area contributed by atoms with Gasteiger partial charge in [-0.15, -0.1) is 0 Å². The van der Waals surface area contributed by atoms with Crippen LogP contribution in [0.3, 0.4) is 0 Å². The van der Waals surface area contributed by atoms with Gasteiger partial charge < -0.3 is 14.9 Å². The van der Waals surface area contributed by atoms with E-state index in [1.807, 2.05) is 18.7 Å². The van der Waals surface area contributed by atoms with Crippen molar-refractivity contribution in [1.82, 2.24) is 4.90 Å². The van der Waals surface area contributed by atoms with Crippen LogP contribution in [-0.4, -0.2) is 41.3 Å². The Kier molecular flexibility index (Phi) is 6.29. The molecule has 1 aromatic rings. The molecule has 0 atom stereocenters. The highest BCUT2D eigenvalue weighted by Gasteiger charge is 2.15. The molecule has 112 valence electrons. The van der Waals surface area contributed by atoms with Gasteiger partial charge in [-0.2, -0.15) is 0 Å². The molecular weight excluding hydrogens is 326 g/mol. The first-order valence-corrected chi connectivity index (χ1v) is 7.12. The summed E-state index contributed by atoms with van der Waals surface area (Å²) < 4.78 is 5.63. The molecule has 0 aliphatic heterocycles. The minimum atomic E-state index is -0.851. The lowest BCUT2D eigenvalue weighted by atomic mass is 10.1. The Bertz CT molecular complexity index is 476. The van der Waals surface area contributed by atoms with Crippen molar-refractivity contribution in [2.24, 2.45) is 5.92 Å². The van der Waals surface area contributed by atoms with Crippen molar-refractivity contribution >= 4 is 21.9 Å². The average molecular weight is 346 g/mol. The van der Waals surface area contributed by atoms with Gasteiger partial charge >= 0.3 is 5.97 Å². The van der Waals surface area contributed by atoms with Crippen LogP contribution in [0, 0.1) is 5.92 Å². The maximum Gasteiger partial charge on any atom is 0.317 e. The minimum Gasteiger partial charge on any atom is -0.503 e. The molecule has 2 N–H and O–H groups in total. The van der Waals surface area contributed by atoms with E-state index in [1.54, 1.807) is 12.1 Å². The highest BCUT2D eigenvalue weighted by atomic mass is 79.9. The van der Waals surface area contributed by atoms with Crippen LogP contribution in [-0.2, 0) is 11.3 Å². The average Bonchev–Trinajstić information content (AvgIpc) is 2.31. The van der Waals surface area contributed by atoms with E-state index in [-0.39, 0.29) is 12.3 Å². The Hall–Kier alpha value is -1.27. The summed E-state index contributed by atoms with van der Waals surface area (Å²) in [5.74, 6) is -0.0636. The number of benzene rings is 1. The number of hydrogen-bond acceptors (Lipinski definition) is 4. The van der Waals surface area contributed by atoms with Gasteiger partial charge in [0.25, 0.3) is 0 Å². The van der Waals surface area contributed by atoms with Gasteiger partial charge in [-0.05, 0) is 39.5 Å². The van der Waals surface area contributed by atoms with Crippen LogP contribution >= 0.6 is 15.9 Å². The van der Waals surface area contributed by atoms with Crippen LogP contribution in [0.4, 0.5) is 0 Å². The van der Waals surface area contributed by atoms with E-state index in [2.05, 4.69) is 15.9 Å². The van der Waals surface area contributed by atoms with Crippen molar-refractivity contribution < 1.29 is 19.7 Å². The molecule has 0 fully saturated rings. The number of hydrogen-bond donors (Lipinski definition) is 2. The first-order chi connectivity index (χ1) is 9.33. The number of carbonyl (C=O) groups is 1. The van der Waals surface area contributed by atoms with Crippen LogP contribution in [0.1, 0.15) is 19.4 Å². The zero-order chi connectivity index (χ0) is 15.3. The molecule has 0 unspecified atom stereocenters. The maximum atomic E-state index is 10.9. The number of rotatable bonds is 7. The molecule has 0 bridgehead atoms. The maximum absolute atomic E-state index is 10.9. The van der Waals surface area contributed by atoms with Gasteiger partial charge in [0.15, 0.2) is 11.5 Å². The predicted octanol–water partition coefficient (Wildman–Crippen LogP) is 2.71. The van der Waals surface area contributed by atoms with Gasteiger partial charge in [-0.25, -0.2) is 0 Å². The second-order valence-corrected chi connectivity index (χ2v) is 5.94. The summed E-state index contributed by atoms with van der Waals surface area (Å²) in [6.45, 7) is 5.25. The lowest BCUT2D eigenvalue weighted by molar-refractivity contribution is -0.138. The molecule has 0 radical (unpaired) electrons. The molecule has 0 aliphatic carbocycles.